The van der Waals surface area contributed by atoms with E-state index in [1.807, 2.05) is 0 Å². The van der Waals surface area contributed by atoms with Crippen LogP contribution in [0.3, 0.4) is 0 Å². The van der Waals surface area contributed by atoms with Gasteiger partial charge in [-0.2, -0.15) is 11.8 Å². The molecule has 1 amide bonds. The molecule has 3 nitrogen and oxygen atoms in total. The maximum atomic E-state index is 12.3. The molecule has 0 saturated carbocycles. The van der Waals surface area contributed by atoms with Crippen molar-refractivity contribution in [1.29, 1.82) is 0 Å². The van der Waals surface area contributed by atoms with Gasteiger partial charge in [-0.3, -0.25) is 4.79 Å². The molecule has 0 aromatic rings. The summed E-state index contributed by atoms with van der Waals surface area (Å²) < 4.78 is 5.75. The number of ether oxygens (including phenoxy) is 1. The van der Waals surface area contributed by atoms with E-state index < -0.39 is 0 Å². The normalized spacial score (nSPS) is 25.1. The molecular formula is C14H25NO2S. The maximum absolute atomic E-state index is 12.3. The van der Waals surface area contributed by atoms with Crippen LogP contribution in [-0.4, -0.2) is 47.6 Å². The van der Waals surface area contributed by atoms with Crippen LogP contribution >= 0.6 is 11.8 Å². The predicted molar refractivity (Wildman–Crippen MR) is 75.9 cm³/mol. The van der Waals surface area contributed by atoms with E-state index in [0.29, 0.717) is 23.0 Å². The van der Waals surface area contributed by atoms with Crippen LogP contribution in [-0.2, 0) is 9.53 Å². The Morgan fingerprint density at radius 3 is 2.83 bits per heavy atom. The molecule has 0 aromatic carbocycles. The average molecular weight is 271 g/mol. The molecule has 2 aliphatic rings. The fraction of sp³-hybridized carbons (Fsp3) is 0.929. The van der Waals surface area contributed by atoms with Gasteiger partial charge < -0.3 is 9.64 Å². The molecule has 0 unspecified atom stereocenters. The van der Waals surface area contributed by atoms with Crippen LogP contribution < -0.4 is 0 Å². The standard InChI is InChI=1S/C14H25NO2S/c1-3-12(2)10-13(16)15-6-9-18-14(11-15)4-7-17-8-5-14/h12H,3-11H2,1-2H3/t12-/m0/s1. The van der Waals surface area contributed by atoms with E-state index in [9.17, 15) is 4.79 Å². The highest BCUT2D eigenvalue weighted by Gasteiger charge is 2.39. The number of carbonyl (C=O) groups is 1. The van der Waals surface area contributed by atoms with Gasteiger partial charge in [-0.25, -0.2) is 0 Å². The van der Waals surface area contributed by atoms with Crippen LogP contribution in [0.1, 0.15) is 39.5 Å². The Balaban J connectivity index is 1.91. The zero-order valence-corrected chi connectivity index (χ0v) is 12.4. The summed E-state index contributed by atoms with van der Waals surface area (Å²) in [7, 11) is 0. The zero-order chi connectivity index (χ0) is 13.0. The van der Waals surface area contributed by atoms with Crippen LogP contribution in [0, 0.1) is 5.92 Å². The summed E-state index contributed by atoms with van der Waals surface area (Å²) in [6.07, 6.45) is 4.01. The molecule has 104 valence electrons. The van der Waals surface area contributed by atoms with Crippen molar-refractivity contribution < 1.29 is 9.53 Å². The van der Waals surface area contributed by atoms with Gasteiger partial charge in [-0.1, -0.05) is 20.3 Å². The summed E-state index contributed by atoms with van der Waals surface area (Å²) >= 11 is 2.06. The molecule has 2 aliphatic heterocycles. The van der Waals surface area contributed by atoms with Gasteiger partial charge in [0.2, 0.25) is 5.91 Å². The monoisotopic (exact) mass is 271 g/mol. The minimum atomic E-state index is 0.293. The minimum absolute atomic E-state index is 0.293. The molecule has 2 heterocycles. The smallest absolute Gasteiger partial charge is 0.222 e. The van der Waals surface area contributed by atoms with Gasteiger partial charge in [-0.05, 0) is 18.8 Å². The molecule has 1 spiro atoms. The van der Waals surface area contributed by atoms with Crippen molar-refractivity contribution in [3.63, 3.8) is 0 Å². The van der Waals surface area contributed by atoms with Crippen molar-refractivity contribution in [2.75, 3.05) is 32.1 Å². The second kappa shape index (κ2) is 6.29. The molecule has 2 fully saturated rings. The highest BCUT2D eigenvalue weighted by atomic mass is 32.2. The van der Waals surface area contributed by atoms with Crippen LogP contribution in [0.15, 0.2) is 0 Å². The van der Waals surface area contributed by atoms with Gasteiger partial charge in [0.25, 0.3) is 0 Å². The van der Waals surface area contributed by atoms with Crippen LogP contribution in [0.5, 0.6) is 0 Å². The lowest BCUT2D eigenvalue weighted by Crippen LogP contribution is -2.51. The van der Waals surface area contributed by atoms with E-state index >= 15 is 0 Å². The highest BCUT2D eigenvalue weighted by molar-refractivity contribution is 8.00. The van der Waals surface area contributed by atoms with Crippen LogP contribution in [0.25, 0.3) is 0 Å². The lowest BCUT2D eigenvalue weighted by atomic mass is 9.97. The van der Waals surface area contributed by atoms with Gasteiger partial charge in [-0.15, -0.1) is 0 Å². The first kappa shape index (κ1) is 14.2. The molecule has 18 heavy (non-hydrogen) atoms. The number of hydrogen-bond donors (Lipinski definition) is 0. The number of hydrogen-bond acceptors (Lipinski definition) is 3. The molecular weight excluding hydrogens is 246 g/mol. The summed E-state index contributed by atoms with van der Waals surface area (Å²) in [6, 6.07) is 0. The maximum Gasteiger partial charge on any atom is 0.222 e. The Morgan fingerprint density at radius 1 is 1.44 bits per heavy atom. The molecule has 4 heteroatoms. The Morgan fingerprint density at radius 2 is 2.17 bits per heavy atom. The summed E-state index contributed by atoms with van der Waals surface area (Å²) in [5.41, 5.74) is 0. The van der Waals surface area contributed by atoms with Gasteiger partial charge >= 0.3 is 0 Å². The molecule has 2 rings (SSSR count). The molecule has 2 saturated heterocycles. The van der Waals surface area contributed by atoms with Gasteiger partial charge in [0, 0.05) is 43.2 Å². The molecule has 0 bridgehead atoms. The van der Waals surface area contributed by atoms with Crippen molar-refractivity contribution in [3.05, 3.63) is 0 Å². The van der Waals surface area contributed by atoms with Crippen molar-refractivity contribution >= 4 is 17.7 Å². The summed E-state index contributed by atoms with van der Waals surface area (Å²) in [5, 5.41) is 0. The third-order valence-corrected chi connectivity index (χ3v) is 5.76. The summed E-state index contributed by atoms with van der Waals surface area (Å²) in [6.45, 7) is 7.92. The molecule has 0 aromatic heterocycles. The second-order valence-electron chi connectivity index (χ2n) is 5.68. The highest BCUT2D eigenvalue weighted by Crippen LogP contribution is 2.39. The van der Waals surface area contributed by atoms with Crippen molar-refractivity contribution in [2.45, 2.75) is 44.3 Å². The van der Waals surface area contributed by atoms with Gasteiger partial charge in [0.15, 0.2) is 0 Å². The molecule has 0 radical (unpaired) electrons. The average Bonchev–Trinajstić information content (AvgIpc) is 2.39. The number of carbonyl (C=O) groups excluding carboxylic acids is 1. The van der Waals surface area contributed by atoms with E-state index in [1.165, 1.54) is 0 Å². The van der Waals surface area contributed by atoms with Crippen molar-refractivity contribution in [3.8, 4) is 0 Å². The Hall–Kier alpha value is -0.220. The Labute approximate surface area is 115 Å². The van der Waals surface area contributed by atoms with Gasteiger partial charge in [0.1, 0.15) is 0 Å². The topological polar surface area (TPSA) is 29.5 Å². The first-order chi connectivity index (χ1) is 8.65. The quantitative estimate of drug-likeness (QED) is 0.790. The van der Waals surface area contributed by atoms with Crippen LogP contribution in [0.4, 0.5) is 0 Å². The minimum Gasteiger partial charge on any atom is -0.381 e. The van der Waals surface area contributed by atoms with Gasteiger partial charge in [0.05, 0.1) is 0 Å². The Bertz CT molecular complexity index is 284. The Kier molecular flexibility index (Phi) is 4.96. The van der Waals surface area contributed by atoms with E-state index in [0.717, 1.165) is 51.3 Å². The molecule has 0 N–H and O–H groups in total. The summed E-state index contributed by atoms with van der Waals surface area (Å²) in [5.74, 6) is 1.96. The van der Waals surface area contributed by atoms with E-state index in [-0.39, 0.29) is 0 Å². The number of rotatable bonds is 3. The molecule has 1 atom stereocenters. The fourth-order valence-electron chi connectivity index (χ4n) is 2.68. The number of thioether (sulfide) groups is 1. The summed E-state index contributed by atoms with van der Waals surface area (Å²) in [4.78, 5) is 14.4. The van der Waals surface area contributed by atoms with E-state index in [2.05, 4.69) is 30.5 Å². The first-order valence-corrected chi connectivity index (χ1v) is 8.13. The van der Waals surface area contributed by atoms with Crippen molar-refractivity contribution in [1.82, 2.24) is 4.90 Å². The van der Waals surface area contributed by atoms with Crippen molar-refractivity contribution in [2.24, 2.45) is 5.92 Å². The third-order valence-electron chi connectivity index (χ3n) is 4.23. The lowest BCUT2D eigenvalue weighted by Gasteiger charge is -2.44. The SMILES string of the molecule is CC[C@H](C)CC(=O)N1CCSC2(CCOCC2)C1. The zero-order valence-electron chi connectivity index (χ0n) is 11.6. The number of amides is 1. The van der Waals surface area contributed by atoms with E-state index in [4.69, 9.17) is 4.74 Å². The lowest BCUT2D eigenvalue weighted by molar-refractivity contribution is -0.132. The van der Waals surface area contributed by atoms with E-state index in [1.54, 1.807) is 0 Å². The predicted octanol–water partition coefficient (Wildman–Crippen LogP) is 2.55. The first-order valence-electron chi connectivity index (χ1n) is 7.15. The fourth-order valence-corrected chi connectivity index (χ4v) is 4.12. The second-order valence-corrected chi connectivity index (χ2v) is 7.24. The third kappa shape index (κ3) is 3.41. The molecule has 0 aliphatic carbocycles. The number of nitrogens with zero attached hydrogens (tertiary/aromatic N) is 1. The van der Waals surface area contributed by atoms with Crippen LogP contribution in [0.2, 0.25) is 0 Å². The largest absolute Gasteiger partial charge is 0.381 e.